The van der Waals surface area contributed by atoms with E-state index in [4.69, 9.17) is 10.8 Å². The molecule has 0 aromatic carbocycles. The Labute approximate surface area is 91.0 Å². The number of nitrogen functional groups attached to an aromatic ring is 1. The van der Waals surface area contributed by atoms with Crippen LogP contribution < -0.4 is 11.4 Å². The van der Waals surface area contributed by atoms with Gasteiger partial charge in [-0.05, 0) is 18.9 Å². The van der Waals surface area contributed by atoms with Crippen molar-refractivity contribution >= 4 is 12.0 Å². The summed E-state index contributed by atoms with van der Waals surface area (Å²) in [6, 6.07) is 0. The van der Waals surface area contributed by atoms with E-state index in [1.165, 1.54) is 6.20 Å². The molecular formula is C10H11FN3O2. The largest absolute Gasteiger partial charge is 0.395 e. The SMILES string of the molecule is [CH2][C@@]1(CO)C/C1=C/n1cc(F)c(N)nc1=O. The van der Waals surface area contributed by atoms with Crippen molar-refractivity contribution in [1.82, 2.24) is 9.55 Å². The van der Waals surface area contributed by atoms with Gasteiger partial charge in [0.05, 0.1) is 12.8 Å². The molecule has 1 aliphatic rings. The van der Waals surface area contributed by atoms with Crippen LogP contribution in [0.25, 0.3) is 6.20 Å². The molecule has 1 heterocycles. The van der Waals surface area contributed by atoms with Crippen LogP contribution in [0.1, 0.15) is 6.42 Å². The van der Waals surface area contributed by atoms with Crippen LogP contribution in [0.4, 0.5) is 10.2 Å². The first-order valence-electron chi connectivity index (χ1n) is 4.68. The van der Waals surface area contributed by atoms with Crippen LogP contribution in [0.5, 0.6) is 0 Å². The molecule has 0 unspecified atom stereocenters. The van der Waals surface area contributed by atoms with E-state index in [2.05, 4.69) is 11.9 Å². The first kappa shape index (κ1) is 10.8. The maximum Gasteiger partial charge on any atom is 0.353 e. The van der Waals surface area contributed by atoms with E-state index < -0.39 is 22.7 Å². The zero-order valence-electron chi connectivity index (χ0n) is 8.48. The Kier molecular flexibility index (Phi) is 2.31. The van der Waals surface area contributed by atoms with Gasteiger partial charge in [-0.2, -0.15) is 4.98 Å². The Hall–Kier alpha value is -1.69. The summed E-state index contributed by atoms with van der Waals surface area (Å²) in [5.41, 5.74) is 4.74. The van der Waals surface area contributed by atoms with Gasteiger partial charge in [-0.15, -0.1) is 0 Å². The van der Waals surface area contributed by atoms with Crippen LogP contribution in [0.3, 0.4) is 0 Å². The number of aliphatic hydroxyl groups excluding tert-OH is 1. The topological polar surface area (TPSA) is 81.1 Å². The third-order valence-corrected chi connectivity index (χ3v) is 2.62. The summed E-state index contributed by atoms with van der Waals surface area (Å²) in [4.78, 5) is 14.6. The number of nitrogens with two attached hydrogens (primary N) is 1. The molecule has 0 saturated heterocycles. The average molecular weight is 224 g/mol. The van der Waals surface area contributed by atoms with Crippen molar-refractivity contribution in [2.24, 2.45) is 5.41 Å². The van der Waals surface area contributed by atoms with Crippen molar-refractivity contribution in [2.75, 3.05) is 12.3 Å². The maximum atomic E-state index is 13.1. The van der Waals surface area contributed by atoms with Crippen LogP contribution in [-0.4, -0.2) is 21.3 Å². The summed E-state index contributed by atoms with van der Waals surface area (Å²) in [7, 11) is 0. The molecule has 1 aromatic rings. The minimum absolute atomic E-state index is 0.0987. The Morgan fingerprint density at radius 2 is 2.50 bits per heavy atom. The summed E-state index contributed by atoms with van der Waals surface area (Å²) in [6.45, 7) is 3.68. The average Bonchev–Trinajstić information content (AvgIpc) is 2.87. The molecule has 1 fully saturated rings. The first-order chi connectivity index (χ1) is 7.46. The van der Waals surface area contributed by atoms with Crippen molar-refractivity contribution in [3.05, 3.63) is 35.0 Å². The highest BCUT2D eigenvalue weighted by Crippen LogP contribution is 2.50. The molecule has 16 heavy (non-hydrogen) atoms. The lowest BCUT2D eigenvalue weighted by Crippen LogP contribution is -2.21. The molecule has 6 heteroatoms. The van der Waals surface area contributed by atoms with Crippen LogP contribution >= 0.6 is 0 Å². The Balaban J connectivity index is 2.38. The van der Waals surface area contributed by atoms with Crippen molar-refractivity contribution in [3.63, 3.8) is 0 Å². The monoisotopic (exact) mass is 224 g/mol. The fraction of sp³-hybridized carbons (Fsp3) is 0.300. The summed E-state index contributed by atoms with van der Waals surface area (Å²) < 4.78 is 14.1. The lowest BCUT2D eigenvalue weighted by molar-refractivity contribution is 0.247. The van der Waals surface area contributed by atoms with Gasteiger partial charge in [0.1, 0.15) is 0 Å². The second-order valence-electron chi connectivity index (χ2n) is 3.93. The van der Waals surface area contributed by atoms with E-state index in [-0.39, 0.29) is 6.61 Å². The third-order valence-electron chi connectivity index (χ3n) is 2.62. The third kappa shape index (κ3) is 1.71. The molecule has 0 amide bonds. The van der Waals surface area contributed by atoms with E-state index in [0.29, 0.717) is 6.42 Å². The van der Waals surface area contributed by atoms with E-state index >= 15 is 0 Å². The van der Waals surface area contributed by atoms with Crippen LogP contribution in [0.15, 0.2) is 16.6 Å². The number of nitrogens with zero attached hydrogens (tertiary/aromatic N) is 2. The van der Waals surface area contributed by atoms with Crippen LogP contribution in [0, 0.1) is 18.2 Å². The molecule has 0 spiro atoms. The van der Waals surface area contributed by atoms with Gasteiger partial charge in [0.15, 0.2) is 11.6 Å². The van der Waals surface area contributed by atoms with Crippen molar-refractivity contribution < 1.29 is 9.50 Å². The summed E-state index contributed by atoms with van der Waals surface area (Å²) in [6.07, 6.45) is 2.98. The van der Waals surface area contributed by atoms with Crippen molar-refractivity contribution in [1.29, 1.82) is 0 Å². The minimum atomic E-state index is -0.754. The Morgan fingerprint density at radius 1 is 1.81 bits per heavy atom. The lowest BCUT2D eigenvalue weighted by atomic mass is 10.1. The Bertz CT molecular complexity index is 523. The van der Waals surface area contributed by atoms with Gasteiger partial charge in [-0.1, -0.05) is 0 Å². The van der Waals surface area contributed by atoms with Gasteiger partial charge in [0.25, 0.3) is 0 Å². The molecule has 0 aliphatic heterocycles. The van der Waals surface area contributed by atoms with Gasteiger partial charge >= 0.3 is 5.69 Å². The molecule has 3 N–H and O–H groups in total. The minimum Gasteiger partial charge on any atom is -0.395 e. The zero-order valence-corrected chi connectivity index (χ0v) is 8.48. The molecule has 2 rings (SSSR count). The second kappa shape index (κ2) is 3.41. The number of hydrogen-bond donors (Lipinski definition) is 2. The second-order valence-corrected chi connectivity index (χ2v) is 3.93. The molecule has 1 aliphatic carbocycles. The fourth-order valence-corrected chi connectivity index (χ4v) is 1.38. The predicted octanol–water partition coefficient (Wildman–Crippen LogP) is 0.0220. The van der Waals surface area contributed by atoms with E-state index in [9.17, 15) is 9.18 Å². The number of halogens is 1. The highest BCUT2D eigenvalue weighted by Gasteiger charge is 2.43. The molecule has 1 aromatic heterocycles. The highest BCUT2D eigenvalue weighted by atomic mass is 19.1. The summed E-state index contributed by atoms with van der Waals surface area (Å²) >= 11 is 0. The number of anilines is 1. The molecule has 1 atom stereocenters. The van der Waals surface area contributed by atoms with E-state index in [1.54, 1.807) is 0 Å². The lowest BCUT2D eigenvalue weighted by Gasteiger charge is -2.01. The Morgan fingerprint density at radius 3 is 3.06 bits per heavy atom. The summed E-state index contributed by atoms with van der Waals surface area (Å²) in [5.74, 6) is -1.17. The fourth-order valence-electron chi connectivity index (χ4n) is 1.38. The molecule has 1 saturated carbocycles. The normalized spacial score (nSPS) is 26.1. The van der Waals surface area contributed by atoms with Gasteiger partial charge in [0.2, 0.25) is 0 Å². The first-order valence-corrected chi connectivity index (χ1v) is 4.68. The quantitative estimate of drug-likeness (QED) is 0.742. The standard InChI is InChI=1S/C10H11FN3O2/c1-10(5-15)2-6(10)3-14-4-7(11)8(12)13-9(14)16/h3-4,15H,1-2,5H2,(H2,12,13,16)/b6-3-/t10-/m0/s1. The van der Waals surface area contributed by atoms with E-state index in [1.807, 2.05) is 0 Å². The number of aromatic nitrogens is 2. The van der Waals surface area contributed by atoms with Gasteiger partial charge in [0, 0.05) is 11.6 Å². The van der Waals surface area contributed by atoms with Crippen molar-refractivity contribution in [3.8, 4) is 0 Å². The zero-order chi connectivity index (χ0) is 11.9. The summed E-state index contributed by atoms with van der Waals surface area (Å²) in [5, 5.41) is 8.98. The highest BCUT2D eigenvalue weighted by molar-refractivity contribution is 5.48. The number of rotatable bonds is 2. The molecule has 0 bridgehead atoms. The molecular weight excluding hydrogens is 213 g/mol. The van der Waals surface area contributed by atoms with Gasteiger partial charge in [-0.3, -0.25) is 4.57 Å². The molecule has 1 radical (unpaired) electrons. The van der Waals surface area contributed by atoms with Gasteiger partial charge < -0.3 is 10.8 Å². The smallest absolute Gasteiger partial charge is 0.353 e. The molecule has 5 nitrogen and oxygen atoms in total. The van der Waals surface area contributed by atoms with Crippen LogP contribution in [0.2, 0.25) is 0 Å². The van der Waals surface area contributed by atoms with Crippen LogP contribution in [-0.2, 0) is 0 Å². The number of hydrogen-bond acceptors (Lipinski definition) is 4. The number of aliphatic hydroxyl groups is 1. The van der Waals surface area contributed by atoms with E-state index in [0.717, 1.165) is 16.3 Å². The van der Waals surface area contributed by atoms with Gasteiger partial charge in [-0.25, -0.2) is 9.18 Å². The maximum absolute atomic E-state index is 13.1. The van der Waals surface area contributed by atoms with Crippen molar-refractivity contribution in [2.45, 2.75) is 6.42 Å². The molecule has 85 valence electrons. The predicted molar refractivity (Wildman–Crippen MR) is 56.6 cm³/mol.